The van der Waals surface area contributed by atoms with Gasteiger partial charge in [-0.2, -0.15) is 4.98 Å². The van der Waals surface area contributed by atoms with Gasteiger partial charge in [-0.3, -0.25) is 4.57 Å². The monoisotopic (exact) mass is 309 g/mol. The molecule has 0 aliphatic heterocycles. The topological polar surface area (TPSA) is 89.9 Å². The second-order valence-electron chi connectivity index (χ2n) is 6.62. The molecule has 1 aliphatic rings. The molecule has 0 amide bonds. The van der Waals surface area contributed by atoms with Crippen LogP contribution in [-0.4, -0.2) is 24.6 Å². The summed E-state index contributed by atoms with van der Waals surface area (Å²) in [7, 11) is 0. The summed E-state index contributed by atoms with van der Waals surface area (Å²) >= 11 is 0. The summed E-state index contributed by atoms with van der Waals surface area (Å²) in [6.45, 7) is 3.55. The number of anilines is 1. The lowest BCUT2D eigenvalue weighted by molar-refractivity contribution is 0.0787. The van der Waals surface area contributed by atoms with Crippen LogP contribution in [0.5, 0.6) is 0 Å². The zero-order chi connectivity index (χ0) is 16.2. The predicted molar refractivity (Wildman–Crippen MR) is 88.3 cm³/mol. The molecule has 23 heavy (non-hydrogen) atoms. The van der Waals surface area contributed by atoms with Crippen molar-refractivity contribution in [2.75, 3.05) is 5.73 Å². The number of hydrogen-bond acceptors (Lipinski definition) is 5. The third kappa shape index (κ3) is 2.45. The Balaban J connectivity index is 2.00. The molecule has 1 fully saturated rings. The second kappa shape index (κ2) is 4.76. The fraction of sp³-hybridized carbons (Fsp3) is 0.353. The highest BCUT2D eigenvalue weighted by molar-refractivity contribution is 5.79. The van der Waals surface area contributed by atoms with E-state index in [0.29, 0.717) is 5.92 Å². The Morgan fingerprint density at radius 1 is 1.22 bits per heavy atom. The van der Waals surface area contributed by atoms with Crippen LogP contribution in [0, 0.1) is 0 Å². The molecule has 3 aromatic rings. The molecule has 0 saturated heterocycles. The van der Waals surface area contributed by atoms with E-state index in [9.17, 15) is 5.11 Å². The van der Waals surface area contributed by atoms with Crippen LogP contribution < -0.4 is 5.73 Å². The first-order valence-electron chi connectivity index (χ1n) is 7.77. The molecule has 1 aliphatic carbocycles. The quantitative estimate of drug-likeness (QED) is 0.776. The van der Waals surface area contributed by atoms with Gasteiger partial charge in [0.1, 0.15) is 11.6 Å². The number of aliphatic hydroxyl groups is 1. The zero-order valence-electron chi connectivity index (χ0n) is 13.2. The number of rotatable bonds is 3. The highest BCUT2D eigenvalue weighted by atomic mass is 16.3. The van der Waals surface area contributed by atoms with Crippen LogP contribution in [0.4, 0.5) is 5.95 Å². The number of nitrogen functional groups attached to an aromatic ring is 1. The van der Waals surface area contributed by atoms with Crippen LogP contribution in [0.25, 0.3) is 16.9 Å². The molecule has 2 aromatic heterocycles. The average Bonchev–Trinajstić information content (AvgIpc) is 3.26. The van der Waals surface area contributed by atoms with E-state index in [1.54, 1.807) is 20.0 Å². The van der Waals surface area contributed by atoms with Gasteiger partial charge in [-0.25, -0.2) is 9.97 Å². The fourth-order valence-corrected chi connectivity index (χ4v) is 2.82. The smallest absolute Gasteiger partial charge is 0.221 e. The number of aromatic nitrogens is 4. The van der Waals surface area contributed by atoms with Gasteiger partial charge in [0.15, 0.2) is 0 Å². The first kappa shape index (κ1) is 14.1. The molecular weight excluding hydrogens is 290 g/mol. The summed E-state index contributed by atoms with van der Waals surface area (Å²) in [4.78, 5) is 13.1. The van der Waals surface area contributed by atoms with E-state index in [-0.39, 0.29) is 5.95 Å². The molecule has 0 spiro atoms. The summed E-state index contributed by atoms with van der Waals surface area (Å²) in [6.07, 6.45) is 3.94. The van der Waals surface area contributed by atoms with Crippen LogP contribution in [0.1, 0.15) is 44.0 Å². The van der Waals surface area contributed by atoms with Gasteiger partial charge in [0, 0.05) is 12.1 Å². The molecule has 3 N–H and O–H groups in total. The molecule has 1 aromatic carbocycles. The van der Waals surface area contributed by atoms with Crippen molar-refractivity contribution in [3.63, 3.8) is 0 Å². The molecule has 6 heteroatoms. The lowest BCUT2D eigenvalue weighted by atomic mass is 9.98. The van der Waals surface area contributed by atoms with Gasteiger partial charge in [-0.05, 0) is 50.5 Å². The van der Waals surface area contributed by atoms with Crippen molar-refractivity contribution in [2.24, 2.45) is 0 Å². The Hall–Kier alpha value is -2.47. The van der Waals surface area contributed by atoms with Crippen molar-refractivity contribution in [2.45, 2.75) is 38.2 Å². The summed E-state index contributed by atoms with van der Waals surface area (Å²) < 4.78 is 2.04. The molecule has 6 nitrogen and oxygen atoms in total. The number of nitrogens with zero attached hydrogens (tertiary/aromatic N) is 4. The van der Waals surface area contributed by atoms with Crippen molar-refractivity contribution >= 4 is 17.0 Å². The van der Waals surface area contributed by atoms with E-state index in [1.807, 2.05) is 28.8 Å². The Labute approximate surface area is 134 Å². The Morgan fingerprint density at radius 3 is 2.65 bits per heavy atom. The number of hydrogen-bond donors (Lipinski definition) is 2. The standard InChI is InChI=1S/C17H19N5O/c1-17(2,23)11-5-6-12-13(9-11)22(15(20-12)10-3-4-10)14-7-8-19-16(18)21-14/h5-10,23H,3-4H2,1-2H3,(H2,18,19,21). The van der Waals surface area contributed by atoms with E-state index in [2.05, 4.69) is 9.97 Å². The third-order valence-corrected chi connectivity index (χ3v) is 4.22. The molecule has 118 valence electrons. The fourth-order valence-electron chi connectivity index (χ4n) is 2.82. The third-order valence-electron chi connectivity index (χ3n) is 4.22. The first-order chi connectivity index (χ1) is 10.9. The minimum absolute atomic E-state index is 0.240. The Bertz CT molecular complexity index is 890. The van der Waals surface area contributed by atoms with E-state index in [4.69, 9.17) is 10.7 Å². The molecule has 2 heterocycles. The summed E-state index contributed by atoms with van der Waals surface area (Å²) in [5.41, 5.74) is 7.52. The van der Waals surface area contributed by atoms with Crippen molar-refractivity contribution in [1.29, 1.82) is 0 Å². The minimum Gasteiger partial charge on any atom is -0.386 e. The molecule has 4 rings (SSSR count). The van der Waals surface area contributed by atoms with Gasteiger partial charge in [-0.1, -0.05) is 6.07 Å². The van der Waals surface area contributed by atoms with Crippen molar-refractivity contribution in [3.05, 3.63) is 41.9 Å². The predicted octanol–water partition coefficient (Wildman–Crippen LogP) is 2.50. The number of benzene rings is 1. The van der Waals surface area contributed by atoms with Gasteiger partial charge in [0.25, 0.3) is 0 Å². The van der Waals surface area contributed by atoms with Crippen molar-refractivity contribution < 1.29 is 5.11 Å². The maximum Gasteiger partial charge on any atom is 0.221 e. The van der Waals surface area contributed by atoms with E-state index >= 15 is 0 Å². The highest BCUT2D eigenvalue weighted by Crippen LogP contribution is 2.42. The maximum absolute atomic E-state index is 10.3. The maximum atomic E-state index is 10.3. The zero-order valence-corrected chi connectivity index (χ0v) is 13.2. The average molecular weight is 309 g/mol. The summed E-state index contributed by atoms with van der Waals surface area (Å²) in [5, 5.41) is 10.3. The van der Waals surface area contributed by atoms with Gasteiger partial charge < -0.3 is 10.8 Å². The molecule has 0 bridgehead atoms. The van der Waals surface area contributed by atoms with Crippen LogP contribution in [0.15, 0.2) is 30.5 Å². The van der Waals surface area contributed by atoms with Gasteiger partial charge in [-0.15, -0.1) is 0 Å². The lowest BCUT2D eigenvalue weighted by Crippen LogP contribution is -2.15. The largest absolute Gasteiger partial charge is 0.386 e. The molecule has 0 unspecified atom stereocenters. The summed E-state index contributed by atoms with van der Waals surface area (Å²) in [6, 6.07) is 7.69. The Kier molecular flexibility index (Phi) is 2.93. The van der Waals surface area contributed by atoms with Gasteiger partial charge in [0.05, 0.1) is 16.6 Å². The highest BCUT2D eigenvalue weighted by Gasteiger charge is 2.31. The van der Waals surface area contributed by atoms with Crippen LogP contribution in [0.2, 0.25) is 0 Å². The number of nitrogens with two attached hydrogens (primary N) is 1. The van der Waals surface area contributed by atoms with Crippen molar-refractivity contribution in [1.82, 2.24) is 19.5 Å². The first-order valence-corrected chi connectivity index (χ1v) is 7.77. The Morgan fingerprint density at radius 2 is 2.00 bits per heavy atom. The number of imidazole rings is 1. The number of fused-ring (bicyclic) bond motifs is 1. The second-order valence-corrected chi connectivity index (χ2v) is 6.62. The van der Waals surface area contributed by atoms with Crippen LogP contribution >= 0.6 is 0 Å². The molecule has 0 atom stereocenters. The van der Waals surface area contributed by atoms with Crippen LogP contribution in [-0.2, 0) is 5.60 Å². The van der Waals surface area contributed by atoms with E-state index < -0.39 is 5.60 Å². The summed E-state index contributed by atoms with van der Waals surface area (Å²) in [5.74, 6) is 2.43. The van der Waals surface area contributed by atoms with Gasteiger partial charge in [0.2, 0.25) is 5.95 Å². The normalized spacial score (nSPS) is 15.3. The lowest BCUT2D eigenvalue weighted by Gasteiger charge is -2.18. The SMILES string of the molecule is CC(C)(O)c1ccc2nc(C3CC3)n(-c3ccnc(N)n3)c2c1. The molecule has 0 radical (unpaired) electrons. The van der Waals surface area contributed by atoms with Crippen LogP contribution in [0.3, 0.4) is 0 Å². The van der Waals surface area contributed by atoms with Gasteiger partial charge >= 0.3 is 0 Å². The van der Waals surface area contributed by atoms with E-state index in [1.165, 1.54) is 0 Å². The molecule has 1 saturated carbocycles. The van der Waals surface area contributed by atoms with E-state index in [0.717, 1.165) is 41.1 Å². The van der Waals surface area contributed by atoms with Crippen molar-refractivity contribution in [3.8, 4) is 5.82 Å². The minimum atomic E-state index is -0.909. The molecular formula is C17H19N5O.